The third-order valence-electron chi connectivity index (χ3n) is 13.4. The summed E-state index contributed by atoms with van der Waals surface area (Å²) in [7, 11) is 14.6. The first-order chi connectivity index (χ1) is 37.6. The SMILES string of the molecule is CN1C=CCc2ccccc21.CN1C=COc2ccccc21.CN1C=CSc2ccccc21.CN1CC=Cc2ccccc21.CN1CCOc2ccccc21.CN1CCSc2ccccc21.CN1CSCc2ccccc21. The standard InChI is InChI=1S/2C10H11N.C9H11NO.C9H9NO.2C9H11NS.C9H9NS/c2*1-11-8-4-6-9-5-2-3-7-10(9)11;2*1-10-6-7-11-9-5-3-2-4-8(9)10;1-10-7-11-6-8-4-2-3-5-9(8)10;2*1-10-6-7-11-9-5-3-2-4-8(9)10/h2-5,7-8H,6H2,1H3;2-7H,8H2,1H3;2-5H,6-7H2,1H3;2-7H,1H3;2*2-5H,6-7H2,1H3;2-7H,1H3. The maximum atomic E-state index is 5.45. The fraction of sp³-hybridized carbons (Fsp3) is 0.231. The topological polar surface area (TPSA) is 41.1 Å². The maximum absolute atomic E-state index is 5.45. The van der Waals surface area contributed by atoms with E-state index in [1.54, 1.807) is 18.0 Å². The van der Waals surface area contributed by atoms with Crippen molar-refractivity contribution >= 4 is 81.2 Å². The van der Waals surface area contributed by atoms with Crippen LogP contribution in [0.15, 0.2) is 222 Å². The van der Waals surface area contributed by atoms with Crippen LogP contribution in [0.2, 0.25) is 0 Å². The van der Waals surface area contributed by atoms with Crippen molar-refractivity contribution in [1.29, 1.82) is 0 Å². The number of likely N-dealkylation sites (N-methyl/N-ethyl adjacent to an activating group) is 2. The highest BCUT2D eigenvalue weighted by atomic mass is 32.2. The molecular formula is C65H73N7O2S3. The van der Waals surface area contributed by atoms with Crippen molar-refractivity contribution in [2.24, 2.45) is 0 Å². The summed E-state index contributed by atoms with van der Waals surface area (Å²) in [6.45, 7) is 3.98. The Kier molecular flexibility index (Phi) is 20.9. The molecule has 7 aromatic carbocycles. The Morgan fingerprint density at radius 1 is 0.442 bits per heavy atom. The molecule has 398 valence electrons. The quantitative estimate of drug-likeness (QED) is 0.145. The smallest absolute Gasteiger partial charge is 0.150 e. The van der Waals surface area contributed by atoms with Gasteiger partial charge in [-0.15, -0.1) is 23.5 Å². The number of thioether (sulfide) groups is 3. The number of anilines is 7. The number of benzene rings is 7. The zero-order chi connectivity index (χ0) is 53.8. The fourth-order valence-corrected chi connectivity index (χ4v) is 12.1. The van der Waals surface area contributed by atoms with Crippen LogP contribution in [0.1, 0.15) is 16.7 Å². The number of allylic oxidation sites excluding steroid dienone is 1. The molecule has 0 bridgehead atoms. The summed E-state index contributed by atoms with van der Waals surface area (Å²) in [6.07, 6.45) is 15.4. The van der Waals surface area contributed by atoms with Crippen molar-refractivity contribution in [3.05, 3.63) is 229 Å². The zero-order valence-corrected chi connectivity index (χ0v) is 48.1. The molecule has 14 rings (SSSR count). The molecule has 7 heterocycles. The van der Waals surface area contributed by atoms with Crippen LogP contribution in [0.5, 0.6) is 11.5 Å². The summed E-state index contributed by atoms with van der Waals surface area (Å²) in [5.74, 6) is 5.42. The van der Waals surface area contributed by atoms with Gasteiger partial charge in [-0.2, -0.15) is 0 Å². The second kappa shape index (κ2) is 28.8. The summed E-state index contributed by atoms with van der Waals surface area (Å²) in [5, 5.41) is 2.10. The van der Waals surface area contributed by atoms with Crippen LogP contribution in [-0.4, -0.2) is 87.2 Å². The molecule has 9 nitrogen and oxygen atoms in total. The molecule has 0 aliphatic carbocycles. The molecule has 0 aromatic heterocycles. The van der Waals surface area contributed by atoms with Gasteiger partial charge in [-0.25, -0.2) is 0 Å². The predicted molar refractivity (Wildman–Crippen MR) is 338 cm³/mol. The highest BCUT2D eigenvalue weighted by Crippen LogP contribution is 2.36. The number of hydrogen-bond acceptors (Lipinski definition) is 12. The van der Waals surface area contributed by atoms with E-state index >= 15 is 0 Å². The number of rotatable bonds is 0. The van der Waals surface area contributed by atoms with Gasteiger partial charge >= 0.3 is 0 Å². The van der Waals surface area contributed by atoms with E-state index < -0.39 is 0 Å². The van der Waals surface area contributed by atoms with Gasteiger partial charge < -0.3 is 43.8 Å². The number of fused-ring (bicyclic) bond motifs is 7. The molecule has 0 radical (unpaired) electrons. The Labute approximate surface area is 471 Å². The van der Waals surface area contributed by atoms with Gasteiger partial charge in [0, 0.05) is 119 Å². The second-order valence-electron chi connectivity index (χ2n) is 18.9. The lowest BCUT2D eigenvalue weighted by molar-refractivity contribution is 0.311. The van der Waals surface area contributed by atoms with Gasteiger partial charge in [-0.1, -0.05) is 133 Å². The van der Waals surface area contributed by atoms with Crippen LogP contribution in [0.25, 0.3) is 6.08 Å². The van der Waals surface area contributed by atoms with Gasteiger partial charge in [0.2, 0.25) is 0 Å². The van der Waals surface area contributed by atoms with E-state index in [9.17, 15) is 0 Å². The van der Waals surface area contributed by atoms with Gasteiger partial charge in [0.05, 0.1) is 35.2 Å². The zero-order valence-electron chi connectivity index (χ0n) is 45.6. The van der Waals surface area contributed by atoms with Gasteiger partial charge in [-0.3, -0.25) is 0 Å². The fourth-order valence-electron chi connectivity index (χ4n) is 9.09. The van der Waals surface area contributed by atoms with E-state index in [-0.39, 0.29) is 0 Å². The molecule has 77 heavy (non-hydrogen) atoms. The Morgan fingerprint density at radius 2 is 1.03 bits per heavy atom. The minimum absolute atomic E-state index is 0.799. The van der Waals surface area contributed by atoms with Crippen LogP contribution in [-0.2, 0) is 12.2 Å². The first-order valence-corrected chi connectivity index (χ1v) is 29.1. The number of hydrogen-bond donors (Lipinski definition) is 0. The third-order valence-corrected chi connectivity index (χ3v) is 16.4. The largest absolute Gasteiger partial charge is 0.490 e. The average Bonchev–Trinajstić information content (AvgIpc) is 3.47. The lowest BCUT2D eigenvalue weighted by atomic mass is 10.1. The molecule has 0 spiro atoms. The Balaban J connectivity index is 0.000000119. The highest BCUT2D eigenvalue weighted by molar-refractivity contribution is 8.02. The molecular weight excluding hydrogens is 1010 g/mol. The van der Waals surface area contributed by atoms with E-state index in [1.807, 2.05) is 84.1 Å². The lowest BCUT2D eigenvalue weighted by Crippen LogP contribution is -2.28. The van der Waals surface area contributed by atoms with E-state index in [0.29, 0.717) is 0 Å². The van der Waals surface area contributed by atoms with E-state index in [2.05, 4.69) is 235 Å². The predicted octanol–water partition coefficient (Wildman–Crippen LogP) is 15.1. The molecule has 7 aromatic rings. The van der Waals surface area contributed by atoms with Crippen molar-refractivity contribution in [2.45, 2.75) is 22.0 Å². The molecule has 0 N–H and O–H groups in total. The summed E-state index contributed by atoms with van der Waals surface area (Å²) in [6, 6.07) is 58.6. The number of para-hydroxylation sites is 9. The van der Waals surface area contributed by atoms with Gasteiger partial charge in [-0.05, 0) is 95.2 Å². The van der Waals surface area contributed by atoms with Crippen LogP contribution in [0.3, 0.4) is 0 Å². The van der Waals surface area contributed by atoms with Gasteiger partial charge in [0.25, 0.3) is 0 Å². The van der Waals surface area contributed by atoms with Gasteiger partial charge in [0.1, 0.15) is 24.4 Å². The van der Waals surface area contributed by atoms with E-state index in [1.165, 1.54) is 78.7 Å². The minimum atomic E-state index is 0.799. The highest BCUT2D eigenvalue weighted by Gasteiger charge is 2.15. The first kappa shape index (κ1) is 56.0. The van der Waals surface area contributed by atoms with Crippen LogP contribution in [0, 0.1) is 0 Å². The van der Waals surface area contributed by atoms with E-state index in [0.717, 1.165) is 49.2 Å². The normalized spacial score (nSPS) is 15.2. The molecule has 7 aliphatic heterocycles. The van der Waals surface area contributed by atoms with Crippen molar-refractivity contribution < 1.29 is 9.47 Å². The Morgan fingerprint density at radius 3 is 1.73 bits per heavy atom. The number of ether oxygens (including phenoxy) is 2. The van der Waals surface area contributed by atoms with Crippen LogP contribution < -0.4 is 43.8 Å². The van der Waals surface area contributed by atoms with Crippen molar-refractivity contribution in [3.8, 4) is 11.5 Å². The molecule has 7 aliphatic rings. The van der Waals surface area contributed by atoms with Crippen molar-refractivity contribution in [2.75, 3.05) is 122 Å². The van der Waals surface area contributed by atoms with Crippen LogP contribution in [0.4, 0.5) is 39.8 Å². The van der Waals surface area contributed by atoms with E-state index in [4.69, 9.17) is 9.47 Å². The molecule has 0 saturated carbocycles. The Bertz CT molecular complexity index is 2830. The molecule has 0 amide bonds. The average molecular weight is 1080 g/mol. The molecule has 12 heteroatoms. The second-order valence-corrected chi connectivity index (χ2v) is 22.0. The summed E-state index contributed by atoms with van der Waals surface area (Å²) in [5.41, 5.74) is 13.2. The lowest BCUT2D eigenvalue weighted by Gasteiger charge is -2.27. The van der Waals surface area contributed by atoms with Gasteiger partial charge in [0.15, 0.2) is 0 Å². The molecule has 0 unspecified atom stereocenters. The number of nitrogens with zero attached hydrogens (tertiary/aromatic N) is 7. The summed E-state index contributed by atoms with van der Waals surface area (Å²) < 4.78 is 10.7. The first-order valence-electron chi connectivity index (χ1n) is 26.1. The minimum Gasteiger partial charge on any atom is -0.490 e. The molecule has 0 atom stereocenters. The monoisotopic (exact) mass is 1080 g/mol. The summed E-state index contributed by atoms with van der Waals surface area (Å²) in [4.78, 5) is 18.1. The molecule has 0 saturated heterocycles. The third kappa shape index (κ3) is 15.7. The molecule has 0 fully saturated rings. The van der Waals surface area contributed by atoms with Crippen LogP contribution >= 0.6 is 35.3 Å². The maximum Gasteiger partial charge on any atom is 0.150 e. The van der Waals surface area contributed by atoms with Crippen molar-refractivity contribution in [3.63, 3.8) is 0 Å². The Hall–Kier alpha value is -7.25. The van der Waals surface area contributed by atoms with Crippen molar-refractivity contribution in [1.82, 2.24) is 0 Å². The summed E-state index contributed by atoms with van der Waals surface area (Å²) >= 11 is 5.69.